The van der Waals surface area contributed by atoms with E-state index in [2.05, 4.69) is 15.7 Å². The van der Waals surface area contributed by atoms with Gasteiger partial charge in [0.15, 0.2) is 11.6 Å². The molecule has 4 rings (SSSR count). The monoisotopic (exact) mass is 510 g/mol. The molecule has 1 aliphatic rings. The lowest BCUT2D eigenvalue weighted by Gasteiger charge is -2.33. The second-order valence-corrected chi connectivity index (χ2v) is 9.62. The quantitative estimate of drug-likeness (QED) is 0.466. The Hall–Kier alpha value is -3.22. The molecule has 1 amide bonds. The Labute approximate surface area is 200 Å². The van der Waals surface area contributed by atoms with Crippen LogP contribution in [0.1, 0.15) is 28.3 Å². The normalized spacial score (nSPS) is 17.9. The van der Waals surface area contributed by atoms with Crippen molar-refractivity contribution in [2.24, 2.45) is 7.05 Å². The third kappa shape index (κ3) is 7.38. The van der Waals surface area contributed by atoms with Crippen LogP contribution in [-0.2, 0) is 17.2 Å². The second kappa shape index (κ2) is 11.0. The van der Waals surface area contributed by atoms with E-state index >= 15 is 0 Å². The molecule has 2 atom stereocenters. The zero-order valence-electron chi connectivity index (χ0n) is 19.0. The topological polar surface area (TPSA) is 113 Å². The van der Waals surface area contributed by atoms with Gasteiger partial charge in [-0.3, -0.25) is 14.0 Å². The molecule has 0 unspecified atom stereocenters. The lowest BCUT2D eigenvalue weighted by molar-refractivity contribution is 0.0920. The average Bonchev–Trinajstić information content (AvgIpc) is 3.21. The van der Waals surface area contributed by atoms with Crippen molar-refractivity contribution in [2.45, 2.75) is 18.4 Å². The molecule has 0 bridgehead atoms. The maximum Gasteiger partial charge on any atom is 0.261 e. The van der Waals surface area contributed by atoms with Gasteiger partial charge in [0.2, 0.25) is 0 Å². The summed E-state index contributed by atoms with van der Waals surface area (Å²) in [7, 11) is -1.90. The largest absolute Gasteiger partial charge is 0.347 e. The predicted octanol–water partition coefficient (Wildman–Crippen LogP) is 2.88. The molecule has 8 nitrogen and oxygen atoms in total. The van der Waals surface area contributed by atoms with Crippen LogP contribution in [0.15, 0.2) is 48.7 Å². The van der Waals surface area contributed by atoms with Crippen molar-refractivity contribution in [1.29, 1.82) is 0 Å². The number of aryl methyl sites for hydroxylation is 1. The number of nitrogens with zero attached hydrogens (tertiary/aromatic N) is 2. The lowest BCUT2D eigenvalue weighted by Crippen LogP contribution is -2.50. The summed E-state index contributed by atoms with van der Waals surface area (Å²) in [5.74, 6) is -3.25. The standard InChI is InChI=1S/C22H21F3N4O.CH4O3S/c1-29-9-7-20(28-29)14-2-4-16(18(24)11-14)22(30)27-21-12-26-8-6-15(21)13-3-5-17(23)19(25)10-13;1-5(2,3)4/h2-5,7,9-11,15,21,26H,6,8,12H2,1H3,(H,27,30);1H3,(H,2,3,4)/t15-,21+;/m0./s1. The van der Waals surface area contributed by atoms with E-state index in [1.165, 1.54) is 18.2 Å². The minimum Gasteiger partial charge on any atom is -0.347 e. The molecule has 1 aliphatic heterocycles. The molecule has 2 aromatic carbocycles. The second-order valence-electron chi connectivity index (χ2n) is 8.16. The van der Waals surface area contributed by atoms with Gasteiger partial charge in [0.1, 0.15) is 5.82 Å². The number of benzene rings is 2. The van der Waals surface area contributed by atoms with E-state index < -0.39 is 33.5 Å². The third-order valence-corrected chi connectivity index (χ3v) is 5.39. The Morgan fingerprint density at radius 2 is 1.83 bits per heavy atom. The van der Waals surface area contributed by atoms with Crippen molar-refractivity contribution >= 4 is 16.0 Å². The number of amides is 1. The van der Waals surface area contributed by atoms with Crippen molar-refractivity contribution in [2.75, 3.05) is 19.3 Å². The number of carbonyl (C=O) groups is 1. The Kier molecular flexibility index (Phi) is 8.30. The molecule has 0 saturated carbocycles. The van der Waals surface area contributed by atoms with Crippen molar-refractivity contribution in [3.05, 3.63) is 77.2 Å². The molecule has 12 heteroatoms. The molecule has 2 heterocycles. The van der Waals surface area contributed by atoms with E-state index in [1.54, 1.807) is 30.1 Å². The highest BCUT2D eigenvalue weighted by Crippen LogP contribution is 2.28. The maximum absolute atomic E-state index is 14.7. The predicted molar refractivity (Wildman–Crippen MR) is 124 cm³/mol. The van der Waals surface area contributed by atoms with Gasteiger partial charge in [-0.25, -0.2) is 13.2 Å². The third-order valence-electron chi connectivity index (χ3n) is 5.39. The molecule has 1 fully saturated rings. The van der Waals surface area contributed by atoms with Crippen LogP contribution in [-0.4, -0.2) is 54.0 Å². The summed E-state index contributed by atoms with van der Waals surface area (Å²) in [6, 6.07) is 9.50. The van der Waals surface area contributed by atoms with Crippen LogP contribution in [0.5, 0.6) is 0 Å². The molecule has 3 N–H and O–H groups in total. The van der Waals surface area contributed by atoms with Crippen LogP contribution in [0.4, 0.5) is 13.2 Å². The fourth-order valence-electron chi connectivity index (χ4n) is 3.83. The molecule has 35 heavy (non-hydrogen) atoms. The lowest BCUT2D eigenvalue weighted by atomic mass is 9.85. The Bertz CT molecular complexity index is 1310. The van der Waals surface area contributed by atoms with Crippen LogP contribution in [0.2, 0.25) is 0 Å². The van der Waals surface area contributed by atoms with E-state index in [-0.39, 0.29) is 17.5 Å². The minimum atomic E-state index is -3.67. The van der Waals surface area contributed by atoms with Crippen LogP contribution in [0.25, 0.3) is 11.3 Å². The first-order valence-electron chi connectivity index (χ1n) is 10.6. The Morgan fingerprint density at radius 3 is 2.43 bits per heavy atom. The summed E-state index contributed by atoms with van der Waals surface area (Å²) < 4.78 is 69.1. The van der Waals surface area contributed by atoms with E-state index in [1.807, 2.05) is 0 Å². The van der Waals surface area contributed by atoms with Gasteiger partial charge in [0.25, 0.3) is 16.0 Å². The number of hydrogen-bond donors (Lipinski definition) is 3. The van der Waals surface area contributed by atoms with E-state index in [0.29, 0.717) is 42.6 Å². The highest BCUT2D eigenvalue weighted by Gasteiger charge is 2.29. The molecule has 3 aromatic rings. The smallest absolute Gasteiger partial charge is 0.261 e. The van der Waals surface area contributed by atoms with Gasteiger partial charge in [0.05, 0.1) is 17.5 Å². The number of piperidine rings is 1. The number of carbonyl (C=O) groups excluding carboxylic acids is 1. The number of aromatic nitrogens is 2. The first-order chi connectivity index (χ1) is 16.4. The molecule has 1 saturated heterocycles. The van der Waals surface area contributed by atoms with Crippen molar-refractivity contribution in [1.82, 2.24) is 20.4 Å². The molecular weight excluding hydrogens is 485 g/mol. The Morgan fingerprint density at radius 1 is 1.11 bits per heavy atom. The van der Waals surface area contributed by atoms with Crippen molar-refractivity contribution in [3.63, 3.8) is 0 Å². The summed E-state index contributed by atoms with van der Waals surface area (Å²) in [6.07, 6.45) is 3.10. The van der Waals surface area contributed by atoms with E-state index in [0.717, 1.165) is 12.1 Å². The van der Waals surface area contributed by atoms with Gasteiger partial charge < -0.3 is 10.6 Å². The SMILES string of the molecule is CS(=O)(=O)O.Cn1ccc(-c2ccc(C(=O)N[C@@H]3CNCC[C@H]3c3ccc(F)c(F)c3)c(F)c2)n1. The van der Waals surface area contributed by atoms with Crippen molar-refractivity contribution in [3.8, 4) is 11.3 Å². The zero-order valence-corrected chi connectivity index (χ0v) is 19.8. The average molecular weight is 511 g/mol. The zero-order chi connectivity index (χ0) is 25.8. The summed E-state index contributed by atoms with van der Waals surface area (Å²) in [5.41, 5.74) is 1.71. The van der Waals surface area contributed by atoms with Crippen molar-refractivity contribution < 1.29 is 30.9 Å². The summed E-state index contributed by atoms with van der Waals surface area (Å²) in [5, 5.41) is 10.3. The molecule has 1 aromatic heterocycles. The van der Waals surface area contributed by atoms with Gasteiger partial charge in [-0.15, -0.1) is 0 Å². The first kappa shape index (κ1) is 26.4. The summed E-state index contributed by atoms with van der Waals surface area (Å²) >= 11 is 0. The van der Waals surface area contributed by atoms with E-state index in [9.17, 15) is 26.4 Å². The van der Waals surface area contributed by atoms with Gasteiger partial charge in [-0.1, -0.05) is 12.1 Å². The molecular formula is C23H25F3N4O4S. The van der Waals surface area contributed by atoms with Gasteiger partial charge in [-0.05, 0) is 48.9 Å². The molecule has 0 radical (unpaired) electrons. The number of hydrogen-bond acceptors (Lipinski definition) is 5. The maximum atomic E-state index is 14.7. The van der Waals surface area contributed by atoms with Crippen LogP contribution >= 0.6 is 0 Å². The fourth-order valence-corrected chi connectivity index (χ4v) is 3.83. The number of rotatable bonds is 4. The Balaban J connectivity index is 0.000000623. The highest BCUT2D eigenvalue weighted by molar-refractivity contribution is 7.85. The number of nitrogens with one attached hydrogen (secondary N) is 2. The highest BCUT2D eigenvalue weighted by atomic mass is 32.2. The number of halogens is 3. The summed E-state index contributed by atoms with van der Waals surface area (Å²) in [4.78, 5) is 12.8. The van der Waals surface area contributed by atoms with Crippen LogP contribution in [0.3, 0.4) is 0 Å². The molecule has 0 spiro atoms. The molecule has 188 valence electrons. The van der Waals surface area contributed by atoms with Gasteiger partial charge in [-0.2, -0.15) is 13.5 Å². The minimum absolute atomic E-state index is 0.0794. The first-order valence-corrected chi connectivity index (χ1v) is 12.5. The van der Waals surface area contributed by atoms with E-state index in [4.69, 9.17) is 4.55 Å². The van der Waals surface area contributed by atoms with Crippen LogP contribution in [0, 0.1) is 17.5 Å². The fraction of sp³-hybridized carbons (Fsp3) is 0.304. The van der Waals surface area contributed by atoms with Gasteiger partial charge in [0, 0.05) is 37.3 Å². The molecule has 0 aliphatic carbocycles. The van der Waals surface area contributed by atoms with Crippen LogP contribution < -0.4 is 10.6 Å². The summed E-state index contributed by atoms with van der Waals surface area (Å²) in [6.45, 7) is 1.13. The van der Waals surface area contributed by atoms with Gasteiger partial charge >= 0.3 is 0 Å².